The van der Waals surface area contributed by atoms with Crippen LogP contribution in [0.15, 0.2) is 29.2 Å². The maximum Gasteiger partial charge on any atom is 0.129 e. The Balaban J connectivity index is 0.00000121. The van der Waals surface area contributed by atoms with Crippen LogP contribution in [0.2, 0.25) is 0 Å². The molecule has 0 aliphatic rings. The summed E-state index contributed by atoms with van der Waals surface area (Å²) in [6.07, 6.45) is 1.58. The summed E-state index contributed by atoms with van der Waals surface area (Å²) < 4.78 is 5.14. The molecule has 3 nitrogen and oxygen atoms in total. The Morgan fingerprint density at radius 2 is 2.33 bits per heavy atom. The fourth-order valence-corrected chi connectivity index (χ4v) is 0.775. The van der Waals surface area contributed by atoms with Crippen molar-refractivity contribution >= 4 is 12.4 Å². The van der Waals surface area contributed by atoms with E-state index in [0.29, 0.717) is 11.5 Å². The molecule has 1 aromatic heterocycles. The van der Waals surface area contributed by atoms with E-state index >= 15 is 0 Å². The highest BCUT2D eigenvalue weighted by atomic mass is 35.5. The Bertz CT molecular complexity index is 247. The fraction of sp³-hybridized carbons (Fsp3) is 0.250. The van der Waals surface area contributed by atoms with Gasteiger partial charge < -0.3 is 15.3 Å². The van der Waals surface area contributed by atoms with Crippen molar-refractivity contribution in [2.75, 3.05) is 0 Å². The van der Waals surface area contributed by atoms with Crippen molar-refractivity contribution in [1.82, 2.24) is 0 Å². The lowest BCUT2D eigenvalue weighted by Gasteiger charge is -1.99. The maximum absolute atomic E-state index is 8.65. The van der Waals surface area contributed by atoms with E-state index in [-0.39, 0.29) is 25.1 Å². The van der Waals surface area contributed by atoms with Gasteiger partial charge in [0.05, 0.1) is 6.04 Å². The maximum atomic E-state index is 8.65. The van der Waals surface area contributed by atoms with Crippen molar-refractivity contribution in [2.24, 2.45) is 5.73 Å². The number of furan rings is 1. The molecule has 0 amide bonds. The third-order valence-electron chi connectivity index (χ3n) is 1.42. The first-order chi connectivity index (χ1) is 5.27. The van der Waals surface area contributed by atoms with E-state index < -0.39 is 0 Å². The van der Waals surface area contributed by atoms with E-state index in [2.05, 4.69) is 6.58 Å². The van der Waals surface area contributed by atoms with Crippen molar-refractivity contribution in [2.45, 2.75) is 12.6 Å². The largest absolute Gasteiger partial charge is 0.462 e. The minimum absolute atomic E-state index is 0. The molecule has 3 N–H and O–H groups in total. The van der Waals surface area contributed by atoms with Crippen LogP contribution in [0, 0.1) is 0 Å². The van der Waals surface area contributed by atoms with Gasteiger partial charge in [0.1, 0.15) is 18.1 Å². The van der Waals surface area contributed by atoms with E-state index in [1.807, 2.05) is 0 Å². The van der Waals surface area contributed by atoms with Gasteiger partial charge in [0.25, 0.3) is 0 Å². The molecule has 68 valence electrons. The highest BCUT2D eigenvalue weighted by Crippen LogP contribution is 2.14. The summed E-state index contributed by atoms with van der Waals surface area (Å²) in [4.78, 5) is 0. The number of hydrogen-bond donors (Lipinski definition) is 2. The molecule has 1 heterocycles. The molecule has 1 rings (SSSR count). The van der Waals surface area contributed by atoms with Crippen LogP contribution in [-0.4, -0.2) is 5.11 Å². The molecule has 0 saturated heterocycles. The van der Waals surface area contributed by atoms with Gasteiger partial charge in [-0.25, -0.2) is 0 Å². The highest BCUT2D eigenvalue weighted by Gasteiger charge is 2.05. The van der Waals surface area contributed by atoms with Gasteiger partial charge in [-0.2, -0.15) is 0 Å². The lowest BCUT2D eigenvalue weighted by molar-refractivity contribution is 0.242. The van der Waals surface area contributed by atoms with Crippen LogP contribution in [0.4, 0.5) is 0 Å². The Morgan fingerprint density at radius 1 is 1.67 bits per heavy atom. The molecule has 4 heteroatoms. The van der Waals surface area contributed by atoms with Crippen LogP contribution in [-0.2, 0) is 6.61 Å². The molecular weight excluding hydrogens is 178 g/mol. The average molecular weight is 190 g/mol. The zero-order valence-electron chi connectivity index (χ0n) is 6.56. The molecule has 0 aliphatic heterocycles. The molecule has 0 bridgehead atoms. The summed E-state index contributed by atoms with van der Waals surface area (Å²) in [7, 11) is 0. The Kier molecular flexibility index (Phi) is 4.66. The monoisotopic (exact) mass is 189 g/mol. The van der Waals surface area contributed by atoms with Crippen molar-refractivity contribution in [1.29, 1.82) is 0 Å². The number of aliphatic hydroxyl groups excluding tert-OH is 1. The van der Waals surface area contributed by atoms with Gasteiger partial charge >= 0.3 is 0 Å². The lowest BCUT2D eigenvalue weighted by Crippen LogP contribution is -2.04. The van der Waals surface area contributed by atoms with Crippen molar-refractivity contribution in [3.63, 3.8) is 0 Å². The number of nitrogens with two attached hydrogens (primary N) is 1. The summed E-state index contributed by atoms with van der Waals surface area (Å²) in [6.45, 7) is 3.43. The molecule has 0 aliphatic carbocycles. The Hall–Kier alpha value is -0.770. The third-order valence-corrected chi connectivity index (χ3v) is 1.42. The number of hydrogen-bond acceptors (Lipinski definition) is 3. The summed E-state index contributed by atoms with van der Waals surface area (Å²) >= 11 is 0. The quantitative estimate of drug-likeness (QED) is 0.707. The van der Waals surface area contributed by atoms with Gasteiger partial charge in [0, 0.05) is 0 Å². The first-order valence-electron chi connectivity index (χ1n) is 3.35. The Labute approximate surface area is 77.3 Å². The van der Waals surface area contributed by atoms with E-state index in [1.54, 1.807) is 18.2 Å². The minimum atomic E-state index is -0.282. The van der Waals surface area contributed by atoms with Crippen LogP contribution >= 0.6 is 12.4 Å². The van der Waals surface area contributed by atoms with Crippen molar-refractivity contribution in [3.8, 4) is 0 Å². The predicted molar refractivity (Wildman–Crippen MR) is 49.0 cm³/mol. The third kappa shape index (κ3) is 2.37. The topological polar surface area (TPSA) is 59.4 Å². The standard InChI is InChI=1S/C8H11NO2.ClH/c1-2-7(9)8-4-3-6(5-10)11-8;/h2-4,7,10H,1,5,9H2;1H/t7-;/m0./s1. The molecular formula is C8H12ClNO2. The van der Waals surface area contributed by atoms with Crippen LogP contribution in [0.25, 0.3) is 0 Å². The summed E-state index contributed by atoms with van der Waals surface area (Å²) in [5.74, 6) is 1.15. The van der Waals surface area contributed by atoms with Crippen LogP contribution in [0.3, 0.4) is 0 Å². The van der Waals surface area contributed by atoms with Crippen LogP contribution < -0.4 is 5.73 Å². The molecule has 0 fully saturated rings. The number of halogens is 1. The molecule has 0 saturated carbocycles. The predicted octanol–water partition coefficient (Wildman–Crippen LogP) is 1.38. The molecule has 0 unspecified atom stereocenters. The fourth-order valence-electron chi connectivity index (χ4n) is 0.775. The van der Waals surface area contributed by atoms with Gasteiger partial charge in [-0.1, -0.05) is 6.08 Å². The van der Waals surface area contributed by atoms with E-state index in [1.165, 1.54) is 0 Å². The second-order valence-electron chi connectivity index (χ2n) is 2.22. The number of rotatable bonds is 3. The SMILES string of the molecule is C=C[C@H](N)c1ccc(CO)o1.Cl. The molecule has 0 aromatic carbocycles. The number of aliphatic hydroxyl groups is 1. The first kappa shape index (κ1) is 11.2. The molecule has 0 spiro atoms. The smallest absolute Gasteiger partial charge is 0.129 e. The summed E-state index contributed by atoms with van der Waals surface area (Å²) in [5, 5.41) is 8.65. The van der Waals surface area contributed by atoms with Crippen molar-refractivity contribution < 1.29 is 9.52 Å². The summed E-state index contributed by atoms with van der Waals surface area (Å²) in [5.41, 5.74) is 5.57. The highest BCUT2D eigenvalue weighted by molar-refractivity contribution is 5.85. The van der Waals surface area contributed by atoms with E-state index in [4.69, 9.17) is 15.3 Å². The zero-order chi connectivity index (χ0) is 8.27. The second kappa shape index (κ2) is 4.98. The van der Waals surface area contributed by atoms with Gasteiger partial charge in [-0.15, -0.1) is 19.0 Å². The average Bonchev–Trinajstić information content (AvgIpc) is 2.50. The molecule has 0 radical (unpaired) electrons. The Morgan fingerprint density at radius 3 is 2.75 bits per heavy atom. The minimum Gasteiger partial charge on any atom is -0.462 e. The van der Waals surface area contributed by atoms with Gasteiger partial charge in [0.2, 0.25) is 0 Å². The van der Waals surface area contributed by atoms with Gasteiger partial charge in [0.15, 0.2) is 0 Å². The molecule has 1 atom stereocenters. The molecule has 1 aromatic rings. The van der Waals surface area contributed by atoms with Gasteiger partial charge in [-0.3, -0.25) is 0 Å². The van der Waals surface area contributed by atoms with E-state index in [9.17, 15) is 0 Å². The van der Waals surface area contributed by atoms with Crippen LogP contribution in [0.1, 0.15) is 17.6 Å². The van der Waals surface area contributed by atoms with Crippen LogP contribution in [0.5, 0.6) is 0 Å². The van der Waals surface area contributed by atoms with E-state index in [0.717, 1.165) is 0 Å². The normalized spacial score (nSPS) is 11.8. The second-order valence-corrected chi connectivity index (χ2v) is 2.22. The lowest BCUT2D eigenvalue weighted by atomic mass is 10.2. The first-order valence-corrected chi connectivity index (χ1v) is 3.35. The zero-order valence-corrected chi connectivity index (χ0v) is 7.38. The van der Waals surface area contributed by atoms with Gasteiger partial charge in [-0.05, 0) is 12.1 Å². The summed E-state index contributed by atoms with van der Waals surface area (Å²) in [6, 6.07) is 3.15. The van der Waals surface area contributed by atoms with Crippen molar-refractivity contribution in [3.05, 3.63) is 36.3 Å². The molecule has 12 heavy (non-hydrogen) atoms.